The molecule has 2 unspecified atom stereocenters. The van der Waals surface area contributed by atoms with Crippen LogP contribution in [-0.4, -0.2) is 12.6 Å². The smallest absolute Gasteiger partial charge is 0.0689 e. The van der Waals surface area contributed by atoms with Gasteiger partial charge in [0, 0.05) is 12.6 Å². The zero-order valence-electron chi connectivity index (χ0n) is 10.4. The van der Waals surface area contributed by atoms with Crippen LogP contribution in [0.2, 0.25) is 0 Å². The Morgan fingerprint density at radius 3 is 3.12 bits per heavy atom. The van der Waals surface area contributed by atoms with Gasteiger partial charge in [-0.05, 0) is 30.5 Å². The van der Waals surface area contributed by atoms with Gasteiger partial charge in [0.2, 0.25) is 0 Å². The lowest BCUT2D eigenvalue weighted by atomic mass is 9.98. The third kappa shape index (κ3) is 2.88. The molecule has 2 atom stereocenters. The zero-order valence-corrected chi connectivity index (χ0v) is 10.4. The fourth-order valence-corrected chi connectivity index (χ4v) is 2.36. The van der Waals surface area contributed by atoms with E-state index in [0.717, 1.165) is 25.9 Å². The molecule has 0 saturated heterocycles. The van der Waals surface area contributed by atoms with Crippen molar-refractivity contribution in [2.24, 2.45) is 0 Å². The second kappa shape index (κ2) is 5.86. The Balaban J connectivity index is 2.20. The molecule has 2 nitrogen and oxygen atoms in total. The van der Waals surface area contributed by atoms with E-state index in [-0.39, 0.29) is 6.04 Å². The molecule has 0 amide bonds. The lowest BCUT2D eigenvalue weighted by molar-refractivity contribution is 0.457. The summed E-state index contributed by atoms with van der Waals surface area (Å²) in [7, 11) is 0. The average molecular weight is 228 g/mol. The minimum Gasteiger partial charge on any atom is -0.313 e. The molecular weight excluding hydrogens is 208 g/mol. The lowest BCUT2D eigenvalue weighted by Crippen LogP contribution is -2.32. The van der Waals surface area contributed by atoms with Crippen molar-refractivity contribution in [2.75, 3.05) is 6.54 Å². The summed E-state index contributed by atoms with van der Waals surface area (Å²) in [5, 5.41) is 7.03. The quantitative estimate of drug-likeness (QED) is 0.775. The van der Waals surface area contributed by atoms with Crippen molar-refractivity contribution in [1.29, 1.82) is 0 Å². The van der Waals surface area contributed by atoms with Crippen LogP contribution in [0.25, 0.3) is 0 Å². The van der Waals surface area contributed by atoms with Gasteiger partial charge in [0.15, 0.2) is 0 Å². The van der Waals surface area contributed by atoms with Crippen LogP contribution < -0.4 is 10.6 Å². The summed E-state index contributed by atoms with van der Waals surface area (Å²) in [6.45, 7) is 4.12. The second-order valence-corrected chi connectivity index (χ2v) is 4.51. The molecule has 2 N–H and O–H groups in total. The third-order valence-corrected chi connectivity index (χ3v) is 3.37. The SMILES string of the molecule is C#CC(CC)NC1CCNCc2ccccc21. The summed E-state index contributed by atoms with van der Waals surface area (Å²) in [6, 6.07) is 9.16. The Kier molecular flexibility index (Phi) is 4.19. The molecule has 1 aromatic carbocycles. The molecule has 0 fully saturated rings. The highest BCUT2D eigenvalue weighted by atomic mass is 15.0. The Morgan fingerprint density at radius 2 is 2.35 bits per heavy atom. The maximum absolute atomic E-state index is 5.53. The lowest BCUT2D eigenvalue weighted by Gasteiger charge is -2.22. The van der Waals surface area contributed by atoms with E-state index < -0.39 is 0 Å². The standard InChI is InChI=1S/C15H20N2/c1-3-13(4-2)17-15-9-10-16-11-12-7-5-6-8-14(12)15/h1,5-8,13,15-17H,4,9-11H2,2H3. The molecule has 1 heterocycles. The van der Waals surface area contributed by atoms with Gasteiger partial charge in [-0.15, -0.1) is 6.42 Å². The van der Waals surface area contributed by atoms with Crippen molar-refractivity contribution in [3.63, 3.8) is 0 Å². The van der Waals surface area contributed by atoms with E-state index in [1.165, 1.54) is 11.1 Å². The first-order valence-electron chi connectivity index (χ1n) is 6.35. The summed E-state index contributed by atoms with van der Waals surface area (Å²) < 4.78 is 0. The van der Waals surface area contributed by atoms with E-state index in [4.69, 9.17) is 6.42 Å². The maximum atomic E-state index is 5.53. The number of terminal acetylenes is 1. The fourth-order valence-electron chi connectivity index (χ4n) is 2.36. The zero-order chi connectivity index (χ0) is 12.1. The molecule has 2 rings (SSSR count). The van der Waals surface area contributed by atoms with Crippen LogP contribution in [-0.2, 0) is 6.54 Å². The normalized spacial score (nSPS) is 21.1. The van der Waals surface area contributed by atoms with Crippen LogP contribution in [0.3, 0.4) is 0 Å². The van der Waals surface area contributed by atoms with Crippen LogP contribution >= 0.6 is 0 Å². The second-order valence-electron chi connectivity index (χ2n) is 4.51. The van der Waals surface area contributed by atoms with E-state index in [9.17, 15) is 0 Å². The Hall–Kier alpha value is -1.30. The summed E-state index contributed by atoms with van der Waals surface area (Å²) in [6.07, 6.45) is 7.60. The Bertz CT molecular complexity index is 406. The number of rotatable bonds is 3. The van der Waals surface area contributed by atoms with Crippen LogP contribution in [0.5, 0.6) is 0 Å². The number of benzene rings is 1. The first kappa shape index (κ1) is 12.2. The first-order valence-corrected chi connectivity index (χ1v) is 6.35. The fraction of sp³-hybridized carbons (Fsp3) is 0.467. The van der Waals surface area contributed by atoms with Gasteiger partial charge < -0.3 is 5.32 Å². The van der Waals surface area contributed by atoms with Gasteiger partial charge in [0.1, 0.15) is 0 Å². The van der Waals surface area contributed by atoms with Gasteiger partial charge in [-0.2, -0.15) is 0 Å². The minimum atomic E-state index is 0.172. The molecule has 17 heavy (non-hydrogen) atoms. The first-order chi connectivity index (χ1) is 8.35. The van der Waals surface area contributed by atoms with Crippen molar-refractivity contribution in [3.8, 4) is 12.3 Å². The average Bonchev–Trinajstić information content (AvgIpc) is 2.58. The molecule has 0 aromatic heterocycles. The topological polar surface area (TPSA) is 24.1 Å². The van der Waals surface area contributed by atoms with E-state index >= 15 is 0 Å². The molecule has 0 bridgehead atoms. The Labute approximate surface area is 104 Å². The van der Waals surface area contributed by atoms with Gasteiger partial charge >= 0.3 is 0 Å². The highest BCUT2D eigenvalue weighted by Gasteiger charge is 2.19. The van der Waals surface area contributed by atoms with E-state index in [1.54, 1.807) is 0 Å². The molecular formula is C15H20N2. The van der Waals surface area contributed by atoms with Crippen LogP contribution in [0, 0.1) is 12.3 Å². The maximum Gasteiger partial charge on any atom is 0.0689 e. The summed E-state index contributed by atoms with van der Waals surface area (Å²) in [5.41, 5.74) is 2.78. The van der Waals surface area contributed by atoms with Crippen molar-refractivity contribution in [3.05, 3.63) is 35.4 Å². The van der Waals surface area contributed by atoms with Gasteiger partial charge in [-0.3, -0.25) is 5.32 Å². The number of fused-ring (bicyclic) bond motifs is 1. The summed E-state index contributed by atoms with van der Waals surface area (Å²) >= 11 is 0. The van der Waals surface area contributed by atoms with Gasteiger partial charge in [-0.25, -0.2) is 0 Å². The van der Waals surface area contributed by atoms with Crippen molar-refractivity contribution in [1.82, 2.24) is 10.6 Å². The predicted molar refractivity (Wildman–Crippen MR) is 71.6 cm³/mol. The highest BCUT2D eigenvalue weighted by molar-refractivity contribution is 5.31. The largest absolute Gasteiger partial charge is 0.313 e. The summed E-state index contributed by atoms with van der Waals surface area (Å²) in [5.74, 6) is 2.82. The molecule has 90 valence electrons. The molecule has 1 aliphatic heterocycles. The summed E-state index contributed by atoms with van der Waals surface area (Å²) in [4.78, 5) is 0. The molecule has 0 spiro atoms. The van der Waals surface area contributed by atoms with Crippen molar-refractivity contribution >= 4 is 0 Å². The minimum absolute atomic E-state index is 0.172. The van der Waals surface area contributed by atoms with Gasteiger partial charge in [0.05, 0.1) is 6.04 Å². The number of hydrogen-bond acceptors (Lipinski definition) is 2. The third-order valence-electron chi connectivity index (χ3n) is 3.37. The molecule has 1 aromatic rings. The highest BCUT2D eigenvalue weighted by Crippen LogP contribution is 2.24. The van der Waals surface area contributed by atoms with E-state index in [1.807, 2.05) is 0 Å². The van der Waals surface area contributed by atoms with E-state index in [2.05, 4.69) is 47.7 Å². The number of nitrogens with one attached hydrogen (secondary N) is 2. The van der Waals surface area contributed by atoms with Gasteiger partial charge in [-0.1, -0.05) is 37.1 Å². The number of hydrogen-bond donors (Lipinski definition) is 2. The predicted octanol–water partition coefficient (Wildman–Crippen LogP) is 2.22. The Morgan fingerprint density at radius 1 is 1.53 bits per heavy atom. The molecule has 1 aliphatic rings. The molecule has 0 saturated carbocycles. The van der Waals surface area contributed by atoms with Crippen molar-refractivity contribution < 1.29 is 0 Å². The van der Waals surface area contributed by atoms with Crippen LogP contribution in [0.4, 0.5) is 0 Å². The van der Waals surface area contributed by atoms with Gasteiger partial charge in [0.25, 0.3) is 0 Å². The van der Waals surface area contributed by atoms with Crippen molar-refractivity contribution in [2.45, 2.75) is 38.4 Å². The van der Waals surface area contributed by atoms with E-state index in [0.29, 0.717) is 6.04 Å². The monoisotopic (exact) mass is 228 g/mol. The van der Waals surface area contributed by atoms with Crippen LogP contribution in [0.1, 0.15) is 36.9 Å². The molecule has 0 radical (unpaired) electrons. The molecule has 0 aliphatic carbocycles. The molecule has 2 heteroatoms. The van der Waals surface area contributed by atoms with Crippen LogP contribution in [0.15, 0.2) is 24.3 Å².